The Hall–Kier alpha value is -1.73. The SMILES string of the molecule is [2H]C([2H])=C([C@@H]1CCC(C([2H])([2H])[2H])=C[C@H]1c1c(O[Si](C)(C)C)cc(OS(=O)(=O)C(F)(F)F)cc1O[Si](C)(C)C)C([2H])([2H])[2H]. The van der Waals surface area contributed by atoms with Crippen molar-refractivity contribution >= 4 is 26.8 Å². The van der Waals surface area contributed by atoms with Crippen molar-refractivity contribution in [2.24, 2.45) is 5.92 Å². The normalized spacial score (nSPS) is 24.0. The number of halogens is 3. The van der Waals surface area contributed by atoms with Gasteiger partial charge >= 0.3 is 15.6 Å². The van der Waals surface area contributed by atoms with Gasteiger partial charge in [-0.25, -0.2) is 0 Å². The van der Waals surface area contributed by atoms with E-state index in [1.54, 1.807) is 39.3 Å². The van der Waals surface area contributed by atoms with Crippen LogP contribution in [-0.4, -0.2) is 30.6 Å². The summed E-state index contributed by atoms with van der Waals surface area (Å²) in [6, 6.07) is 1.84. The van der Waals surface area contributed by atoms with Crippen LogP contribution in [0.15, 0.2) is 35.9 Å². The smallest absolute Gasteiger partial charge is 0.534 e. The van der Waals surface area contributed by atoms with Crippen LogP contribution < -0.4 is 13.0 Å². The molecular weight excluding hydrogens is 501 g/mol. The van der Waals surface area contributed by atoms with E-state index in [0.29, 0.717) is 0 Å². The molecule has 0 spiro atoms. The average Bonchev–Trinajstić information content (AvgIpc) is 2.68. The minimum Gasteiger partial charge on any atom is -0.544 e. The Kier molecular flexibility index (Phi) is 5.30. The van der Waals surface area contributed by atoms with Crippen molar-refractivity contribution in [2.75, 3.05) is 0 Å². The van der Waals surface area contributed by atoms with Gasteiger partial charge in [-0.05, 0) is 71.7 Å². The number of hydrogen-bond acceptors (Lipinski definition) is 5. The molecule has 0 aromatic heterocycles. The second kappa shape index (κ2) is 9.73. The third kappa shape index (κ3) is 7.38. The lowest BCUT2D eigenvalue weighted by Gasteiger charge is -2.35. The number of allylic oxidation sites excluding steroid dienone is 3. The van der Waals surface area contributed by atoms with E-state index in [2.05, 4.69) is 4.18 Å². The van der Waals surface area contributed by atoms with Gasteiger partial charge in [0.15, 0.2) is 0 Å². The Morgan fingerprint density at radius 2 is 1.68 bits per heavy atom. The number of alkyl halides is 3. The molecular formula is C23H35F3O5SSi2. The molecule has 192 valence electrons. The summed E-state index contributed by atoms with van der Waals surface area (Å²) in [5, 5.41) is 0. The van der Waals surface area contributed by atoms with Gasteiger partial charge in [0.25, 0.3) is 0 Å². The quantitative estimate of drug-likeness (QED) is 0.148. The fourth-order valence-electron chi connectivity index (χ4n) is 3.47. The van der Waals surface area contributed by atoms with Crippen molar-refractivity contribution in [1.29, 1.82) is 0 Å². The predicted molar refractivity (Wildman–Crippen MR) is 134 cm³/mol. The van der Waals surface area contributed by atoms with Crippen LogP contribution in [0, 0.1) is 5.92 Å². The molecule has 1 aromatic rings. The van der Waals surface area contributed by atoms with Crippen LogP contribution in [-0.2, 0) is 10.1 Å². The van der Waals surface area contributed by atoms with Crippen molar-refractivity contribution in [3.05, 3.63) is 41.4 Å². The first-order chi connectivity index (χ1) is 18.5. The topological polar surface area (TPSA) is 61.8 Å². The van der Waals surface area contributed by atoms with Crippen molar-refractivity contribution in [3.63, 3.8) is 0 Å². The van der Waals surface area contributed by atoms with Gasteiger partial charge in [-0.2, -0.15) is 21.6 Å². The van der Waals surface area contributed by atoms with E-state index >= 15 is 0 Å². The van der Waals surface area contributed by atoms with Gasteiger partial charge in [-0.3, -0.25) is 0 Å². The highest BCUT2D eigenvalue weighted by atomic mass is 32.2. The molecule has 5 nitrogen and oxygen atoms in total. The summed E-state index contributed by atoms with van der Waals surface area (Å²) in [5.74, 6) is -3.44. The molecule has 34 heavy (non-hydrogen) atoms. The number of rotatable bonds is 8. The number of benzene rings is 1. The van der Waals surface area contributed by atoms with E-state index < -0.39 is 75.7 Å². The summed E-state index contributed by atoms with van der Waals surface area (Å²) in [7, 11) is -11.4. The molecule has 2 atom stereocenters. The highest BCUT2D eigenvalue weighted by Gasteiger charge is 2.49. The molecule has 0 saturated heterocycles. The van der Waals surface area contributed by atoms with E-state index in [-0.39, 0.29) is 35.5 Å². The predicted octanol–water partition coefficient (Wildman–Crippen LogP) is 7.36. The summed E-state index contributed by atoms with van der Waals surface area (Å²) in [6.07, 6.45) is 1.17. The fourth-order valence-corrected chi connectivity index (χ4v) is 5.57. The molecule has 11 heteroatoms. The first kappa shape index (κ1) is 18.5. The minimum atomic E-state index is -6.10. The molecule has 0 radical (unpaired) electrons. The molecule has 0 aliphatic heterocycles. The fraction of sp³-hybridized carbons (Fsp3) is 0.565. The van der Waals surface area contributed by atoms with Gasteiger partial charge in [-0.1, -0.05) is 23.8 Å². The van der Waals surface area contributed by atoms with E-state index in [1.807, 2.05) is 0 Å². The molecule has 0 amide bonds. The van der Waals surface area contributed by atoms with Gasteiger partial charge in [0.1, 0.15) is 17.2 Å². The highest BCUT2D eigenvalue weighted by molar-refractivity contribution is 7.88. The highest BCUT2D eigenvalue weighted by Crippen LogP contribution is 2.49. The van der Waals surface area contributed by atoms with Crippen LogP contribution in [0.2, 0.25) is 39.3 Å². The Balaban J connectivity index is 3.08. The zero-order valence-electron chi connectivity index (χ0n) is 27.9. The van der Waals surface area contributed by atoms with Crippen LogP contribution in [0.5, 0.6) is 17.2 Å². The molecule has 1 aliphatic carbocycles. The Labute approximate surface area is 214 Å². The summed E-state index contributed by atoms with van der Waals surface area (Å²) in [5.41, 5.74) is -6.24. The zero-order chi connectivity index (χ0) is 32.9. The Bertz CT molecular complexity index is 1300. The summed E-state index contributed by atoms with van der Waals surface area (Å²) in [6.45, 7) is 3.93. The van der Waals surface area contributed by atoms with E-state index in [0.717, 1.165) is 12.1 Å². The van der Waals surface area contributed by atoms with Crippen LogP contribution in [0.4, 0.5) is 13.2 Å². The lowest BCUT2D eigenvalue weighted by molar-refractivity contribution is -0.0500. The maximum Gasteiger partial charge on any atom is 0.534 e. The molecule has 0 fully saturated rings. The average molecular weight is 545 g/mol. The molecule has 1 aromatic carbocycles. The number of hydrogen-bond donors (Lipinski definition) is 0. The van der Waals surface area contributed by atoms with Crippen molar-refractivity contribution < 1.29 is 45.6 Å². The first-order valence-electron chi connectivity index (χ1n) is 14.5. The van der Waals surface area contributed by atoms with Gasteiger partial charge < -0.3 is 13.0 Å². The van der Waals surface area contributed by atoms with Crippen LogP contribution in [0.1, 0.15) is 49.0 Å². The van der Waals surface area contributed by atoms with Crippen LogP contribution in [0.25, 0.3) is 0 Å². The van der Waals surface area contributed by atoms with Crippen molar-refractivity contribution in [1.82, 2.24) is 0 Å². The van der Waals surface area contributed by atoms with E-state index in [9.17, 15) is 21.6 Å². The molecule has 0 bridgehead atoms. The first-order valence-corrected chi connectivity index (χ1v) is 18.7. The lowest BCUT2D eigenvalue weighted by Crippen LogP contribution is -2.33. The Morgan fingerprint density at radius 3 is 2.09 bits per heavy atom. The van der Waals surface area contributed by atoms with Crippen molar-refractivity contribution in [2.45, 2.75) is 77.3 Å². The van der Waals surface area contributed by atoms with Gasteiger partial charge in [0.2, 0.25) is 16.6 Å². The van der Waals surface area contributed by atoms with Crippen molar-refractivity contribution in [3.8, 4) is 17.2 Å². The molecule has 0 unspecified atom stereocenters. The van der Waals surface area contributed by atoms with Crippen LogP contribution in [0.3, 0.4) is 0 Å². The minimum absolute atomic E-state index is 0.0250. The second-order valence-corrected chi connectivity index (χ2v) is 20.4. The molecule has 2 rings (SSSR count). The zero-order valence-corrected chi connectivity index (χ0v) is 22.7. The standard InChI is InChI=1S/C23H35F3O5SSi2/c1-15(2)18-11-10-16(3)12-19(18)22-20(30-33(4,5)6)13-17(14-21(22)31-34(7,8)9)29-32(27,28)23(24,25)26/h12-14,18-19H,1,10-11H2,2-9H3/t18-,19+/m0/s1/i1D2,2D3,3D3. The lowest BCUT2D eigenvalue weighted by atomic mass is 9.74. The van der Waals surface area contributed by atoms with Gasteiger partial charge in [-0.15, -0.1) is 0 Å². The van der Waals surface area contributed by atoms with E-state index in [4.69, 9.17) is 19.8 Å². The summed E-state index contributed by atoms with van der Waals surface area (Å²) < 4.78 is 144. The van der Waals surface area contributed by atoms with Gasteiger partial charge in [0.05, 0.1) is 2.74 Å². The summed E-state index contributed by atoms with van der Waals surface area (Å²) >= 11 is 0. The molecule has 1 aliphatic rings. The third-order valence-corrected chi connectivity index (χ3v) is 7.29. The van der Waals surface area contributed by atoms with Crippen LogP contribution >= 0.6 is 0 Å². The Morgan fingerprint density at radius 1 is 1.12 bits per heavy atom. The monoisotopic (exact) mass is 544 g/mol. The molecule has 0 saturated carbocycles. The van der Waals surface area contributed by atoms with Gasteiger partial charge in [0, 0.05) is 31.8 Å². The molecule has 0 heterocycles. The maximum absolute atomic E-state index is 13.2. The second-order valence-electron chi connectivity index (χ2n) is 10.0. The third-order valence-electron chi connectivity index (χ3n) is 4.64. The largest absolute Gasteiger partial charge is 0.544 e. The maximum atomic E-state index is 13.2. The van der Waals surface area contributed by atoms with E-state index in [1.165, 1.54) is 6.08 Å². The molecule has 0 N–H and O–H groups in total. The summed E-state index contributed by atoms with van der Waals surface area (Å²) in [4.78, 5) is 0.